The van der Waals surface area contributed by atoms with Gasteiger partial charge in [0.05, 0.1) is 18.1 Å². The van der Waals surface area contributed by atoms with Crippen LogP contribution >= 0.6 is 11.8 Å². The number of aryl methyl sites for hydroxylation is 1. The normalized spacial score (nSPS) is 15.0. The molecule has 3 rings (SSSR count). The molecule has 7 heteroatoms. The molecule has 2 aromatic rings. The molecule has 0 aliphatic carbocycles. The first-order valence-corrected chi connectivity index (χ1v) is 9.70. The van der Waals surface area contributed by atoms with Gasteiger partial charge in [0.1, 0.15) is 24.7 Å². The average molecular weight is 398 g/mol. The molecule has 2 aromatic carbocycles. The molecule has 1 heterocycles. The molecule has 0 saturated carbocycles. The third-order valence-corrected chi connectivity index (χ3v) is 4.66. The summed E-state index contributed by atoms with van der Waals surface area (Å²) in [7, 11) is 0. The van der Waals surface area contributed by atoms with Crippen LogP contribution in [0.25, 0.3) is 6.08 Å². The van der Waals surface area contributed by atoms with Crippen LogP contribution in [-0.4, -0.2) is 37.5 Å². The molecule has 0 spiro atoms. The highest BCUT2D eigenvalue weighted by molar-refractivity contribution is 8.18. The second kappa shape index (κ2) is 9.96. The van der Waals surface area contributed by atoms with E-state index in [0.29, 0.717) is 37.1 Å². The van der Waals surface area contributed by atoms with E-state index in [4.69, 9.17) is 19.9 Å². The van der Waals surface area contributed by atoms with Crippen LogP contribution in [0.15, 0.2) is 58.4 Å². The van der Waals surface area contributed by atoms with E-state index in [1.807, 2.05) is 55.5 Å². The molecule has 28 heavy (non-hydrogen) atoms. The molecule has 1 aliphatic heterocycles. The number of ether oxygens (including phenoxy) is 3. The summed E-state index contributed by atoms with van der Waals surface area (Å²) in [6, 6.07) is 15.4. The summed E-state index contributed by atoms with van der Waals surface area (Å²) >= 11 is 1.16. The smallest absolute Gasteiger partial charge is 0.286 e. The fraction of sp³-hybridized carbons (Fsp3) is 0.238. The fourth-order valence-corrected chi connectivity index (χ4v) is 3.14. The number of thioether (sulfide) groups is 1. The molecular weight excluding hydrogens is 376 g/mol. The zero-order chi connectivity index (χ0) is 19.8. The van der Waals surface area contributed by atoms with Crippen molar-refractivity contribution >= 4 is 28.9 Å². The van der Waals surface area contributed by atoms with Crippen LogP contribution in [0, 0.1) is 6.92 Å². The Labute approximate surface area is 168 Å². The van der Waals surface area contributed by atoms with Crippen molar-refractivity contribution in [3.05, 3.63) is 64.6 Å². The second-order valence-corrected chi connectivity index (χ2v) is 7.09. The monoisotopic (exact) mass is 398 g/mol. The number of hydrogen-bond acceptors (Lipinski definition) is 6. The van der Waals surface area contributed by atoms with E-state index in [2.05, 4.69) is 4.99 Å². The van der Waals surface area contributed by atoms with E-state index < -0.39 is 0 Å². The molecule has 146 valence electrons. The highest BCUT2D eigenvalue weighted by atomic mass is 32.2. The minimum absolute atomic E-state index is 0.260. The van der Waals surface area contributed by atoms with E-state index in [-0.39, 0.29) is 11.1 Å². The molecule has 0 fully saturated rings. The summed E-state index contributed by atoms with van der Waals surface area (Å²) in [5, 5.41) is 0.260. The molecule has 1 amide bonds. The number of rotatable bonds is 9. The van der Waals surface area contributed by atoms with Gasteiger partial charge < -0.3 is 19.9 Å². The van der Waals surface area contributed by atoms with Gasteiger partial charge in [-0.3, -0.25) is 4.79 Å². The summed E-state index contributed by atoms with van der Waals surface area (Å²) in [6.45, 7) is 3.82. The van der Waals surface area contributed by atoms with Crippen molar-refractivity contribution in [2.24, 2.45) is 10.7 Å². The number of aliphatic imine (C=N–C) groups is 1. The molecule has 0 radical (unpaired) electrons. The summed E-state index contributed by atoms with van der Waals surface area (Å²) in [5.74, 6) is 1.18. The molecule has 6 nitrogen and oxygen atoms in total. The fourth-order valence-electron chi connectivity index (χ4n) is 2.46. The van der Waals surface area contributed by atoms with Crippen molar-refractivity contribution in [1.82, 2.24) is 0 Å². The number of benzene rings is 2. The van der Waals surface area contributed by atoms with Gasteiger partial charge in [-0.2, -0.15) is 4.99 Å². The van der Waals surface area contributed by atoms with E-state index in [9.17, 15) is 4.79 Å². The van der Waals surface area contributed by atoms with Gasteiger partial charge in [0.15, 0.2) is 5.17 Å². The average Bonchev–Trinajstić information content (AvgIpc) is 3.00. The van der Waals surface area contributed by atoms with Crippen LogP contribution in [-0.2, 0) is 9.53 Å². The van der Waals surface area contributed by atoms with Gasteiger partial charge in [-0.25, -0.2) is 0 Å². The lowest BCUT2D eigenvalue weighted by molar-refractivity contribution is -0.113. The van der Waals surface area contributed by atoms with Crippen LogP contribution in [0.4, 0.5) is 0 Å². The van der Waals surface area contributed by atoms with Gasteiger partial charge in [0.25, 0.3) is 5.91 Å². The molecule has 0 unspecified atom stereocenters. The van der Waals surface area contributed by atoms with Crippen molar-refractivity contribution in [1.29, 1.82) is 0 Å². The number of amides is 1. The van der Waals surface area contributed by atoms with E-state index in [0.717, 1.165) is 23.1 Å². The minimum atomic E-state index is -0.325. The number of carbonyl (C=O) groups excluding carboxylic acids is 1. The number of nitrogens with two attached hydrogens (primary N) is 1. The Hall–Kier alpha value is -2.77. The third-order valence-electron chi connectivity index (χ3n) is 3.85. The Morgan fingerprint density at radius 1 is 1.00 bits per heavy atom. The Morgan fingerprint density at radius 2 is 1.71 bits per heavy atom. The number of nitrogens with zero attached hydrogens (tertiary/aromatic N) is 1. The van der Waals surface area contributed by atoms with Crippen molar-refractivity contribution in [3.63, 3.8) is 0 Å². The highest BCUT2D eigenvalue weighted by Crippen LogP contribution is 2.29. The van der Waals surface area contributed by atoms with Crippen LogP contribution in [0.2, 0.25) is 0 Å². The number of para-hydroxylation sites is 1. The zero-order valence-electron chi connectivity index (χ0n) is 15.6. The molecule has 0 atom stereocenters. The first-order valence-electron chi connectivity index (χ1n) is 8.89. The van der Waals surface area contributed by atoms with Crippen molar-refractivity contribution in [2.45, 2.75) is 6.92 Å². The lowest BCUT2D eigenvalue weighted by Gasteiger charge is -2.10. The summed E-state index contributed by atoms with van der Waals surface area (Å²) in [4.78, 5) is 15.9. The van der Waals surface area contributed by atoms with Crippen molar-refractivity contribution in [2.75, 3.05) is 26.4 Å². The van der Waals surface area contributed by atoms with Crippen molar-refractivity contribution < 1.29 is 19.0 Å². The summed E-state index contributed by atoms with van der Waals surface area (Å²) in [5.41, 5.74) is 7.58. The first-order chi connectivity index (χ1) is 13.6. The Bertz CT molecular complexity index is 878. The molecule has 0 aromatic heterocycles. The van der Waals surface area contributed by atoms with Gasteiger partial charge in [0.2, 0.25) is 0 Å². The van der Waals surface area contributed by atoms with Gasteiger partial charge in [0, 0.05) is 5.56 Å². The topological polar surface area (TPSA) is 83.1 Å². The predicted octanol–water partition coefficient (Wildman–Crippen LogP) is 3.40. The maximum Gasteiger partial charge on any atom is 0.286 e. The third kappa shape index (κ3) is 5.87. The lowest BCUT2D eigenvalue weighted by Crippen LogP contribution is -2.12. The minimum Gasteiger partial charge on any atom is -0.491 e. The number of hydrogen-bond donors (Lipinski definition) is 1. The summed E-state index contributed by atoms with van der Waals surface area (Å²) < 4.78 is 16.9. The van der Waals surface area contributed by atoms with E-state index in [1.165, 1.54) is 5.56 Å². The first kappa shape index (κ1) is 20.0. The van der Waals surface area contributed by atoms with Crippen molar-refractivity contribution in [3.8, 4) is 11.5 Å². The maximum atomic E-state index is 11.8. The second-order valence-electron chi connectivity index (χ2n) is 6.03. The number of amidine groups is 1. The maximum absolute atomic E-state index is 11.8. The number of carbonyl (C=O) groups is 1. The molecule has 1 aliphatic rings. The van der Waals surface area contributed by atoms with Gasteiger partial charge in [-0.05, 0) is 43.0 Å². The van der Waals surface area contributed by atoms with Gasteiger partial charge in [-0.1, -0.05) is 35.9 Å². The molecule has 2 N–H and O–H groups in total. The van der Waals surface area contributed by atoms with Crippen LogP contribution in [0.3, 0.4) is 0 Å². The lowest BCUT2D eigenvalue weighted by atomic mass is 10.2. The largest absolute Gasteiger partial charge is 0.491 e. The van der Waals surface area contributed by atoms with Gasteiger partial charge in [-0.15, -0.1) is 0 Å². The van der Waals surface area contributed by atoms with Crippen LogP contribution in [0.5, 0.6) is 11.5 Å². The molecule has 0 bridgehead atoms. The Balaban J connectivity index is 1.40. The predicted molar refractivity (Wildman–Crippen MR) is 112 cm³/mol. The molecular formula is C21H22N2O4S. The standard InChI is InChI=1S/C21H22N2O4S/c1-15-6-8-17(9-7-15)26-12-10-25-11-13-27-18-5-3-2-4-16(18)14-19-20(24)23-21(22)28-19/h2-9,14H,10-13H2,1H3,(H2,22,23,24)/b19-14-. The van der Waals surface area contributed by atoms with E-state index in [1.54, 1.807) is 6.08 Å². The molecule has 0 saturated heterocycles. The Kier molecular flexibility index (Phi) is 7.11. The SMILES string of the molecule is Cc1ccc(OCCOCCOc2ccccc2/C=C2\SC(N)=NC2=O)cc1. The Morgan fingerprint density at radius 3 is 2.43 bits per heavy atom. The van der Waals surface area contributed by atoms with Gasteiger partial charge >= 0.3 is 0 Å². The summed E-state index contributed by atoms with van der Waals surface area (Å²) in [6.07, 6.45) is 1.74. The highest BCUT2D eigenvalue weighted by Gasteiger charge is 2.20. The van der Waals surface area contributed by atoms with Crippen LogP contribution < -0.4 is 15.2 Å². The van der Waals surface area contributed by atoms with Crippen LogP contribution in [0.1, 0.15) is 11.1 Å². The zero-order valence-corrected chi connectivity index (χ0v) is 16.4. The van der Waals surface area contributed by atoms with E-state index >= 15 is 0 Å². The quantitative estimate of drug-likeness (QED) is 0.515.